The number of hydrogen-bond acceptors (Lipinski definition) is 6. The molecule has 0 aliphatic rings. The molecule has 0 saturated carbocycles. The lowest BCUT2D eigenvalue weighted by Crippen LogP contribution is -2.24. The van der Waals surface area contributed by atoms with Crippen molar-refractivity contribution in [2.45, 2.75) is 0 Å². The van der Waals surface area contributed by atoms with Gasteiger partial charge in [0.05, 0.1) is 15.7 Å². The molecule has 184 valence electrons. The minimum Gasteiger partial charge on any atom is -0.483 e. The van der Waals surface area contributed by atoms with Crippen molar-refractivity contribution >= 4 is 77.8 Å². The van der Waals surface area contributed by atoms with Crippen molar-refractivity contribution < 1.29 is 19.1 Å². The topological polar surface area (TPSA) is 77.0 Å². The maximum absolute atomic E-state index is 12.7. The zero-order chi connectivity index (χ0) is 25.8. The van der Waals surface area contributed by atoms with Crippen LogP contribution in [0.25, 0.3) is 20.9 Å². The Morgan fingerprint density at radius 3 is 2.59 bits per heavy atom. The van der Waals surface area contributed by atoms with E-state index in [-0.39, 0.29) is 6.61 Å². The Bertz CT molecular complexity index is 1670. The Morgan fingerprint density at radius 1 is 0.973 bits per heavy atom. The molecule has 6 nitrogen and oxygen atoms in total. The molecule has 5 aromatic rings. The van der Waals surface area contributed by atoms with E-state index < -0.39 is 11.9 Å². The van der Waals surface area contributed by atoms with E-state index >= 15 is 0 Å². The molecule has 1 aromatic heterocycles. The zero-order valence-electron chi connectivity index (χ0n) is 19.1. The molecule has 37 heavy (non-hydrogen) atoms. The van der Waals surface area contributed by atoms with Crippen LogP contribution in [0.4, 0.5) is 0 Å². The molecule has 1 N–H and O–H groups in total. The van der Waals surface area contributed by atoms with Crippen LogP contribution in [0.15, 0.2) is 94.5 Å². The first-order valence-electron chi connectivity index (χ1n) is 11.1. The second kappa shape index (κ2) is 11.1. The fraction of sp³-hybridized carbons (Fsp3) is 0.0357. The number of carbonyl (C=O) groups excluding carboxylic acids is 2. The molecule has 0 bridgehead atoms. The summed E-state index contributed by atoms with van der Waals surface area (Å²) in [6.07, 6.45) is 1.45. The Balaban J connectivity index is 1.18. The van der Waals surface area contributed by atoms with Crippen LogP contribution in [0, 0.1) is 0 Å². The Hall–Kier alpha value is -3.72. The number of esters is 1. The number of rotatable bonds is 7. The number of nitrogens with one attached hydrogen (secondary N) is 1. The molecule has 0 atom stereocenters. The highest BCUT2D eigenvalue weighted by molar-refractivity contribution is 9.10. The molecule has 0 spiro atoms. The summed E-state index contributed by atoms with van der Waals surface area (Å²) >= 11 is 11.2. The number of hydrogen-bond donors (Lipinski definition) is 1. The van der Waals surface area contributed by atoms with Gasteiger partial charge in [0.15, 0.2) is 6.61 Å². The van der Waals surface area contributed by atoms with Gasteiger partial charge in [0, 0.05) is 10.1 Å². The van der Waals surface area contributed by atoms with Crippen molar-refractivity contribution in [1.82, 2.24) is 5.43 Å². The largest absolute Gasteiger partial charge is 0.483 e. The number of amides is 1. The maximum Gasteiger partial charge on any atom is 0.355 e. The quantitative estimate of drug-likeness (QED) is 0.0936. The number of ether oxygens (including phenoxy) is 2. The van der Waals surface area contributed by atoms with Crippen molar-refractivity contribution in [3.63, 3.8) is 0 Å². The van der Waals surface area contributed by atoms with Gasteiger partial charge in [0.1, 0.15) is 16.4 Å². The van der Waals surface area contributed by atoms with E-state index in [1.165, 1.54) is 17.6 Å². The van der Waals surface area contributed by atoms with E-state index in [1.54, 1.807) is 24.3 Å². The van der Waals surface area contributed by atoms with Gasteiger partial charge < -0.3 is 9.47 Å². The first kappa shape index (κ1) is 25.0. The molecule has 0 aliphatic carbocycles. The lowest BCUT2D eigenvalue weighted by Gasteiger charge is -2.09. The van der Waals surface area contributed by atoms with Crippen LogP contribution in [-0.2, 0) is 4.79 Å². The lowest BCUT2D eigenvalue weighted by atomic mass is 10.1. The number of benzene rings is 4. The highest BCUT2D eigenvalue weighted by Gasteiger charge is 2.19. The van der Waals surface area contributed by atoms with Gasteiger partial charge in [-0.05, 0) is 56.5 Å². The third kappa shape index (κ3) is 5.67. The van der Waals surface area contributed by atoms with E-state index in [0.717, 1.165) is 25.3 Å². The number of carbonyl (C=O) groups is 2. The highest BCUT2D eigenvalue weighted by atomic mass is 79.9. The zero-order valence-corrected chi connectivity index (χ0v) is 22.3. The fourth-order valence-electron chi connectivity index (χ4n) is 3.64. The van der Waals surface area contributed by atoms with Gasteiger partial charge in [-0.2, -0.15) is 5.10 Å². The summed E-state index contributed by atoms with van der Waals surface area (Å²) in [5, 5.41) is 7.22. The van der Waals surface area contributed by atoms with Crippen LogP contribution in [0.3, 0.4) is 0 Å². The van der Waals surface area contributed by atoms with Crippen LogP contribution in [0.5, 0.6) is 11.5 Å². The summed E-state index contributed by atoms with van der Waals surface area (Å²) in [4.78, 5) is 25.3. The lowest BCUT2D eigenvalue weighted by molar-refractivity contribution is -0.123. The highest BCUT2D eigenvalue weighted by Crippen LogP contribution is 2.36. The van der Waals surface area contributed by atoms with Gasteiger partial charge in [-0.25, -0.2) is 10.2 Å². The number of nitrogens with zero attached hydrogens (tertiary/aromatic N) is 1. The molecule has 0 aliphatic heterocycles. The van der Waals surface area contributed by atoms with Crippen LogP contribution < -0.4 is 14.9 Å². The molecular weight excluding hydrogens is 576 g/mol. The minimum absolute atomic E-state index is 0.206. The molecule has 1 amide bonds. The van der Waals surface area contributed by atoms with Crippen molar-refractivity contribution in [3.05, 3.63) is 105 Å². The predicted molar refractivity (Wildman–Crippen MR) is 151 cm³/mol. The normalized spacial score (nSPS) is 11.2. The van der Waals surface area contributed by atoms with Crippen LogP contribution in [-0.4, -0.2) is 24.7 Å². The Labute approximate surface area is 229 Å². The average Bonchev–Trinajstić information content (AvgIpc) is 3.25. The molecule has 0 fully saturated rings. The molecular formula is C28H18BrClN2O4S. The number of fused-ring (bicyclic) bond motifs is 2. The van der Waals surface area contributed by atoms with Gasteiger partial charge in [-0.1, -0.05) is 72.3 Å². The summed E-state index contributed by atoms with van der Waals surface area (Å²) in [6.45, 7) is -0.206. The number of halogens is 2. The second-order valence-electron chi connectivity index (χ2n) is 7.88. The van der Waals surface area contributed by atoms with E-state index in [4.69, 9.17) is 21.1 Å². The average molecular weight is 594 g/mol. The van der Waals surface area contributed by atoms with Crippen LogP contribution in [0.2, 0.25) is 5.02 Å². The van der Waals surface area contributed by atoms with Crippen molar-refractivity contribution in [1.29, 1.82) is 0 Å². The third-order valence-corrected chi connectivity index (χ3v) is 7.85. The van der Waals surface area contributed by atoms with E-state index in [2.05, 4.69) is 26.5 Å². The summed E-state index contributed by atoms with van der Waals surface area (Å²) in [6, 6.07) is 25.9. The second-order valence-corrected chi connectivity index (χ2v) is 10.1. The molecule has 1 heterocycles. The smallest absolute Gasteiger partial charge is 0.355 e. The third-order valence-electron chi connectivity index (χ3n) is 5.38. The fourth-order valence-corrected chi connectivity index (χ4v) is 5.63. The molecule has 4 aromatic carbocycles. The molecule has 5 rings (SSSR count). The number of thiophene rings is 1. The summed E-state index contributed by atoms with van der Waals surface area (Å²) in [5.41, 5.74) is 3.06. The van der Waals surface area contributed by atoms with Crippen molar-refractivity contribution in [2.24, 2.45) is 5.10 Å². The first-order chi connectivity index (χ1) is 18.0. The van der Waals surface area contributed by atoms with E-state index in [1.807, 2.05) is 60.7 Å². The van der Waals surface area contributed by atoms with Crippen LogP contribution >= 0.6 is 38.9 Å². The van der Waals surface area contributed by atoms with Gasteiger partial charge in [-0.3, -0.25) is 4.79 Å². The summed E-state index contributed by atoms with van der Waals surface area (Å²) in [5.74, 6) is -0.0618. The van der Waals surface area contributed by atoms with Crippen molar-refractivity contribution in [2.75, 3.05) is 6.61 Å². The van der Waals surface area contributed by atoms with Gasteiger partial charge in [0.25, 0.3) is 5.91 Å². The SMILES string of the molecule is O=C(COc1ccc2ccccc2c1Br)N/N=C\c1cccc(OC(=O)c2sc3ccccc3c2Cl)c1. The molecule has 0 saturated heterocycles. The van der Waals surface area contributed by atoms with E-state index in [0.29, 0.717) is 27.0 Å². The number of hydrazone groups is 1. The van der Waals surface area contributed by atoms with Crippen molar-refractivity contribution in [3.8, 4) is 11.5 Å². The predicted octanol–water partition coefficient (Wildman–Crippen LogP) is 7.22. The Kier molecular flexibility index (Phi) is 7.50. The van der Waals surface area contributed by atoms with E-state index in [9.17, 15) is 9.59 Å². The maximum atomic E-state index is 12.7. The van der Waals surface area contributed by atoms with Gasteiger partial charge >= 0.3 is 5.97 Å². The standard InChI is InChI=1S/C28H18BrClN2O4S/c29-25-20-9-2-1-7-18(20)12-13-22(25)35-16-24(33)32-31-15-17-6-5-8-19(14-17)36-28(34)27-26(30)21-10-3-4-11-23(21)37-27/h1-15H,16H2,(H,32,33)/b31-15-. The van der Waals surface area contributed by atoms with Gasteiger partial charge in [0.2, 0.25) is 0 Å². The molecule has 0 radical (unpaired) electrons. The molecule has 0 unspecified atom stereocenters. The monoisotopic (exact) mass is 592 g/mol. The first-order valence-corrected chi connectivity index (χ1v) is 13.1. The van der Waals surface area contributed by atoms with Crippen LogP contribution in [0.1, 0.15) is 15.2 Å². The summed E-state index contributed by atoms with van der Waals surface area (Å²) < 4.78 is 12.9. The van der Waals surface area contributed by atoms with Gasteiger partial charge in [-0.15, -0.1) is 11.3 Å². The Morgan fingerprint density at radius 2 is 1.76 bits per heavy atom. The minimum atomic E-state index is -0.536. The summed E-state index contributed by atoms with van der Waals surface area (Å²) in [7, 11) is 0. The molecule has 9 heteroatoms.